The second-order valence-electron chi connectivity index (χ2n) is 12.9. The lowest BCUT2D eigenvalue weighted by molar-refractivity contribution is -0.276. The fourth-order valence-corrected chi connectivity index (χ4v) is 6.39. The minimum atomic E-state index is -0.779. The standard InChI is InChI=1S/C41H43N3O6/c1-27-38(25-44(2)24-37(47)32-8-5-10-35(46)21-32)49-41(50-39(27)30-14-12-28(26-45)13-15-30)31-18-16-29(17-19-31)36-11-4-3-7-33(36)23-43-40(48)34-9-6-20-42-22-34/h3-22,27,37-39,41,45-47H,23-26H2,1-2H3,(H,43,48). The van der Waals surface area contributed by atoms with Crippen molar-refractivity contribution in [1.82, 2.24) is 15.2 Å². The number of aromatic nitrogens is 1. The molecule has 1 aromatic heterocycles. The van der Waals surface area contributed by atoms with Crippen molar-refractivity contribution in [2.75, 3.05) is 20.1 Å². The molecule has 0 aliphatic carbocycles. The molecule has 50 heavy (non-hydrogen) atoms. The van der Waals surface area contributed by atoms with Gasteiger partial charge in [0.15, 0.2) is 6.29 Å². The number of aromatic hydroxyl groups is 1. The molecule has 4 N–H and O–H groups in total. The zero-order valence-corrected chi connectivity index (χ0v) is 28.2. The maximum Gasteiger partial charge on any atom is 0.253 e. The minimum Gasteiger partial charge on any atom is -0.508 e. The normalized spacial score (nSPS) is 19.6. The second kappa shape index (κ2) is 16.2. The van der Waals surface area contributed by atoms with E-state index in [2.05, 4.69) is 17.2 Å². The van der Waals surface area contributed by atoms with Crippen molar-refractivity contribution in [3.8, 4) is 16.9 Å². The first-order valence-corrected chi connectivity index (χ1v) is 16.8. The monoisotopic (exact) mass is 673 g/mol. The highest BCUT2D eigenvalue weighted by Crippen LogP contribution is 2.42. The Balaban J connectivity index is 1.20. The Labute approximate surface area is 292 Å². The van der Waals surface area contributed by atoms with Crippen molar-refractivity contribution in [1.29, 1.82) is 0 Å². The number of hydrogen-bond acceptors (Lipinski definition) is 8. The SMILES string of the molecule is CC1C(CN(C)CC(O)c2cccc(O)c2)OC(c2ccc(-c3ccccc3CNC(=O)c3cccnc3)cc2)OC1c1ccc(CO)cc1. The van der Waals surface area contributed by atoms with Crippen LogP contribution < -0.4 is 5.32 Å². The number of carbonyl (C=O) groups is 1. The summed E-state index contributed by atoms with van der Waals surface area (Å²) < 4.78 is 13.3. The highest BCUT2D eigenvalue weighted by Gasteiger charge is 2.39. The molecule has 9 heteroatoms. The van der Waals surface area contributed by atoms with E-state index in [1.165, 1.54) is 0 Å². The first-order chi connectivity index (χ1) is 24.3. The number of ether oxygens (including phenoxy) is 2. The Bertz CT molecular complexity index is 1850. The molecule has 1 fully saturated rings. The number of aliphatic hydroxyl groups is 2. The van der Waals surface area contributed by atoms with Gasteiger partial charge in [-0.2, -0.15) is 0 Å². The smallest absolute Gasteiger partial charge is 0.253 e. The van der Waals surface area contributed by atoms with E-state index in [1.54, 1.807) is 48.8 Å². The molecule has 0 radical (unpaired) electrons. The number of phenolic OH excluding ortho intramolecular Hbond substituents is 1. The van der Waals surface area contributed by atoms with Gasteiger partial charge >= 0.3 is 0 Å². The van der Waals surface area contributed by atoms with E-state index in [0.29, 0.717) is 30.8 Å². The summed E-state index contributed by atoms with van der Waals surface area (Å²) >= 11 is 0. The molecule has 5 atom stereocenters. The molecule has 9 nitrogen and oxygen atoms in total. The van der Waals surface area contributed by atoms with Gasteiger partial charge < -0.3 is 35.0 Å². The number of nitrogens with zero attached hydrogens (tertiary/aromatic N) is 2. The number of pyridine rings is 1. The Hall–Kier alpha value is -4.90. The summed E-state index contributed by atoms with van der Waals surface area (Å²) in [5.41, 5.74) is 6.84. The number of benzene rings is 4. The van der Waals surface area contributed by atoms with Crippen molar-refractivity contribution in [2.24, 2.45) is 5.92 Å². The highest BCUT2D eigenvalue weighted by atomic mass is 16.7. The van der Waals surface area contributed by atoms with E-state index in [4.69, 9.17) is 9.47 Å². The van der Waals surface area contributed by atoms with E-state index < -0.39 is 12.4 Å². The third-order valence-corrected chi connectivity index (χ3v) is 9.23. The number of nitrogens with one attached hydrogen (secondary N) is 1. The predicted octanol–water partition coefficient (Wildman–Crippen LogP) is 6.33. The summed E-state index contributed by atoms with van der Waals surface area (Å²) in [4.78, 5) is 18.8. The van der Waals surface area contributed by atoms with Gasteiger partial charge in [0.05, 0.1) is 30.5 Å². The van der Waals surface area contributed by atoms with Gasteiger partial charge in [-0.1, -0.05) is 91.9 Å². The first kappa shape index (κ1) is 34.9. The fourth-order valence-electron chi connectivity index (χ4n) is 6.39. The van der Waals surface area contributed by atoms with Crippen LogP contribution in [0.5, 0.6) is 5.75 Å². The zero-order valence-electron chi connectivity index (χ0n) is 28.2. The van der Waals surface area contributed by atoms with Crippen LogP contribution in [0, 0.1) is 5.92 Å². The summed E-state index contributed by atoms with van der Waals surface area (Å²) in [5, 5.41) is 33.4. The van der Waals surface area contributed by atoms with Crippen LogP contribution in [-0.4, -0.2) is 57.4 Å². The van der Waals surface area contributed by atoms with Crippen molar-refractivity contribution < 1.29 is 29.6 Å². The Kier molecular flexibility index (Phi) is 11.3. The van der Waals surface area contributed by atoms with Crippen molar-refractivity contribution >= 4 is 5.91 Å². The van der Waals surface area contributed by atoms with Gasteiger partial charge in [0.2, 0.25) is 0 Å². The van der Waals surface area contributed by atoms with Gasteiger partial charge in [0, 0.05) is 43.5 Å². The van der Waals surface area contributed by atoms with Gasteiger partial charge in [-0.3, -0.25) is 9.78 Å². The van der Waals surface area contributed by atoms with Crippen LogP contribution in [0.15, 0.2) is 122 Å². The molecule has 1 saturated heterocycles. The molecule has 0 saturated carbocycles. The van der Waals surface area contributed by atoms with E-state index in [-0.39, 0.29) is 36.4 Å². The fraction of sp³-hybridized carbons (Fsp3) is 0.268. The second-order valence-corrected chi connectivity index (χ2v) is 12.9. The van der Waals surface area contributed by atoms with Crippen LogP contribution in [0.3, 0.4) is 0 Å². The number of amides is 1. The molecule has 1 aliphatic heterocycles. The van der Waals surface area contributed by atoms with Crippen LogP contribution in [-0.2, 0) is 22.6 Å². The molecule has 5 aromatic rings. The van der Waals surface area contributed by atoms with Crippen molar-refractivity contribution in [3.05, 3.63) is 155 Å². The number of carbonyl (C=O) groups excluding carboxylic acids is 1. The number of phenols is 1. The average Bonchev–Trinajstić information content (AvgIpc) is 3.15. The highest BCUT2D eigenvalue weighted by molar-refractivity contribution is 5.93. The quantitative estimate of drug-likeness (QED) is 0.121. The molecule has 0 spiro atoms. The average molecular weight is 674 g/mol. The number of aliphatic hydroxyl groups excluding tert-OH is 2. The van der Waals surface area contributed by atoms with Crippen molar-refractivity contribution in [3.63, 3.8) is 0 Å². The molecule has 1 amide bonds. The topological polar surface area (TPSA) is 124 Å². The number of hydrogen-bond donors (Lipinski definition) is 4. The van der Waals surface area contributed by atoms with E-state index in [9.17, 15) is 20.1 Å². The summed E-state index contributed by atoms with van der Waals surface area (Å²) in [6, 6.07) is 34.1. The number of rotatable bonds is 12. The van der Waals surface area contributed by atoms with Crippen LogP contribution in [0.4, 0.5) is 0 Å². The van der Waals surface area contributed by atoms with Crippen LogP contribution in [0.25, 0.3) is 11.1 Å². The van der Waals surface area contributed by atoms with E-state index in [1.807, 2.05) is 84.7 Å². The molecule has 2 heterocycles. The maximum absolute atomic E-state index is 12.7. The van der Waals surface area contributed by atoms with Gasteiger partial charge in [-0.25, -0.2) is 0 Å². The number of likely N-dealkylation sites (N-methyl/N-ethyl adjacent to an activating group) is 1. The largest absolute Gasteiger partial charge is 0.508 e. The van der Waals surface area contributed by atoms with Crippen LogP contribution in [0.1, 0.15) is 63.6 Å². The first-order valence-electron chi connectivity index (χ1n) is 16.8. The molecular formula is C41H43N3O6. The minimum absolute atomic E-state index is 0.0281. The summed E-state index contributed by atoms with van der Waals surface area (Å²) in [5.74, 6) is -0.0936. The van der Waals surface area contributed by atoms with Crippen molar-refractivity contribution in [2.45, 2.75) is 44.7 Å². The molecule has 5 unspecified atom stereocenters. The third-order valence-electron chi connectivity index (χ3n) is 9.23. The van der Waals surface area contributed by atoms with Crippen LogP contribution >= 0.6 is 0 Å². The lowest BCUT2D eigenvalue weighted by Crippen LogP contribution is -2.44. The van der Waals surface area contributed by atoms with Gasteiger partial charge in [-0.15, -0.1) is 0 Å². The molecule has 6 rings (SSSR count). The molecular weight excluding hydrogens is 630 g/mol. The molecule has 258 valence electrons. The Morgan fingerprint density at radius 3 is 2.40 bits per heavy atom. The Morgan fingerprint density at radius 2 is 1.68 bits per heavy atom. The maximum atomic E-state index is 12.7. The predicted molar refractivity (Wildman–Crippen MR) is 191 cm³/mol. The Morgan fingerprint density at radius 1 is 0.920 bits per heavy atom. The van der Waals surface area contributed by atoms with Gasteiger partial charge in [-0.05, 0) is 64.7 Å². The zero-order chi connectivity index (χ0) is 35.0. The molecule has 1 aliphatic rings. The van der Waals surface area contributed by atoms with Gasteiger partial charge in [0.25, 0.3) is 5.91 Å². The molecule has 4 aromatic carbocycles. The summed E-state index contributed by atoms with van der Waals surface area (Å²) in [6.07, 6.45) is 1.25. The summed E-state index contributed by atoms with van der Waals surface area (Å²) in [6.45, 7) is 3.34. The van der Waals surface area contributed by atoms with E-state index >= 15 is 0 Å². The van der Waals surface area contributed by atoms with Crippen LogP contribution in [0.2, 0.25) is 0 Å². The lowest BCUT2D eigenvalue weighted by atomic mass is 9.90. The third kappa shape index (κ3) is 8.45. The molecule has 0 bridgehead atoms. The lowest BCUT2D eigenvalue weighted by Gasteiger charge is -2.42. The summed E-state index contributed by atoms with van der Waals surface area (Å²) in [7, 11) is 1.95. The van der Waals surface area contributed by atoms with E-state index in [0.717, 1.165) is 33.4 Å². The van der Waals surface area contributed by atoms with Gasteiger partial charge in [0.1, 0.15) is 5.75 Å².